The molecule has 2 heterocycles. The molecule has 0 aliphatic heterocycles. The van der Waals surface area contributed by atoms with E-state index in [0.717, 1.165) is 30.6 Å². The molecule has 4 rings (SSSR count). The lowest BCUT2D eigenvalue weighted by atomic mass is 9.72. The number of thioether (sulfide) groups is 1. The molecule has 0 fully saturated rings. The number of ether oxygens (including phenoxy) is 1. The lowest BCUT2D eigenvalue weighted by Crippen LogP contribution is -2.26. The summed E-state index contributed by atoms with van der Waals surface area (Å²) in [7, 11) is 1.87. The van der Waals surface area contributed by atoms with Crippen molar-refractivity contribution in [1.82, 2.24) is 14.8 Å². The molecule has 1 unspecified atom stereocenters. The summed E-state index contributed by atoms with van der Waals surface area (Å²) in [5.74, 6) is 2.06. The number of nitriles is 1. The molecule has 0 spiro atoms. The van der Waals surface area contributed by atoms with Crippen molar-refractivity contribution >= 4 is 34.0 Å². The van der Waals surface area contributed by atoms with Gasteiger partial charge < -0.3 is 14.6 Å². The van der Waals surface area contributed by atoms with Crippen LogP contribution in [-0.2, 0) is 36.7 Å². The number of thiophene rings is 1. The molecule has 38 heavy (non-hydrogen) atoms. The molecule has 0 saturated carbocycles. The number of benzene rings is 1. The van der Waals surface area contributed by atoms with Crippen molar-refractivity contribution in [3.63, 3.8) is 0 Å². The first-order chi connectivity index (χ1) is 17.9. The Kier molecular flexibility index (Phi) is 8.24. The number of carbonyl (C=O) groups is 1. The number of hydrogen-bond donors (Lipinski definition) is 1. The van der Waals surface area contributed by atoms with Crippen LogP contribution in [-0.4, -0.2) is 26.4 Å². The Morgan fingerprint density at radius 1 is 1.21 bits per heavy atom. The van der Waals surface area contributed by atoms with Crippen LogP contribution in [0.3, 0.4) is 0 Å². The highest BCUT2D eigenvalue weighted by Crippen LogP contribution is 2.44. The summed E-state index contributed by atoms with van der Waals surface area (Å²) in [4.78, 5) is 14.0. The topological polar surface area (TPSA) is 92.8 Å². The average Bonchev–Trinajstić information content (AvgIpc) is 3.38. The summed E-state index contributed by atoms with van der Waals surface area (Å²) in [5, 5.41) is 22.6. The summed E-state index contributed by atoms with van der Waals surface area (Å²) >= 11 is 2.87. The van der Waals surface area contributed by atoms with Gasteiger partial charge in [-0.2, -0.15) is 5.26 Å². The highest BCUT2D eigenvalue weighted by atomic mass is 32.2. The zero-order valence-corrected chi connectivity index (χ0v) is 25.0. The van der Waals surface area contributed by atoms with Crippen molar-refractivity contribution in [2.24, 2.45) is 18.4 Å². The fourth-order valence-electron chi connectivity index (χ4n) is 4.62. The van der Waals surface area contributed by atoms with E-state index >= 15 is 0 Å². The van der Waals surface area contributed by atoms with Gasteiger partial charge in [-0.15, -0.1) is 21.5 Å². The van der Waals surface area contributed by atoms with Gasteiger partial charge in [0.25, 0.3) is 0 Å². The first kappa shape index (κ1) is 28.2. The molecule has 1 aliphatic carbocycles. The first-order valence-corrected chi connectivity index (χ1v) is 14.8. The molecule has 0 radical (unpaired) electrons. The van der Waals surface area contributed by atoms with Crippen molar-refractivity contribution in [1.29, 1.82) is 5.26 Å². The van der Waals surface area contributed by atoms with Crippen LogP contribution in [0.4, 0.5) is 5.00 Å². The lowest BCUT2D eigenvalue weighted by Gasteiger charge is -2.33. The maximum absolute atomic E-state index is 12.8. The number of fused-ring (bicyclic) bond motifs is 1. The van der Waals surface area contributed by atoms with Crippen LogP contribution in [0.2, 0.25) is 0 Å². The summed E-state index contributed by atoms with van der Waals surface area (Å²) in [5.41, 5.74) is 3.32. The van der Waals surface area contributed by atoms with Gasteiger partial charge in [-0.05, 0) is 59.3 Å². The van der Waals surface area contributed by atoms with E-state index in [9.17, 15) is 10.1 Å². The smallest absolute Gasteiger partial charge is 0.235 e. The van der Waals surface area contributed by atoms with Crippen molar-refractivity contribution < 1.29 is 9.53 Å². The second-order valence-corrected chi connectivity index (χ2v) is 14.0. The number of anilines is 1. The normalized spacial score (nSPS) is 15.6. The van der Waals surface area contributed by atoms with Gasteiger partial charge in [0.1, 0.15) is 23.4 Å². The molecule has 1 aromatic carbocycles. The Morgan fingerprint density at radius 3 is 2.55 bits per heavy atom. The first-order valence-electron chi connectivity index (χ1n) is 13.0. The standard InChI is InChI=1S/C29H37N5O2S2/c1-28(2,3)18-8-11-20(12-9-18)36-16-24-32-33-27(34(24)7)37-17-25(35)31-26-22(15-30)21-13-10-19(29(4,5)6)14-23(21)38-26/h8-9,11-12,19H,10,13-14,16-17H2,1-7H3,(H,31,35). The minimum Gasteiger partial charge on any atom is -0.486 e. The summed E-state index contributed by atoms with van der Waals surface area (Å²) in [6, 6.07) is 10.4. The zero-order valence-electron chi connectivity index (χ0n) is 23.3. The number of carbonyl (C=O) groups excluding carboxylic acids is 1. The summed E-state index contributed by atoms with van der Waals surface area (Å²) in [6.07, 6.45) is 2.94. The molecular formula is C29H37N5O2S2. The number of nitrogens with one attached hydrogen (secondary N) is 1. The SMILES string of the molecule is Cn1c(COc2ccc(C(C)(C)C)cc2)nnc1SCC(=O)Nc1sc2c(c1C#N)CCC(C(C)(C)C)C2. The van der Waals surface area contributed by atoms with E-state index in [0.29, 0.717) is 27.5 Å². The van der Waals surface area contributed by atoms with Crippen molar-refractivity contribution in [2.75, 3.05) is 11.1 Å². The minimum absolute atomic E-state index is 0.0922. The van der Waals surface area contributed by atoms with Crippen LogP contribution >= 0.6 is 23.1 Å². The van der Waals surface area contributed by atoms with Crippen molar-refractivity contribution in [2.45, 2.75) is 78.0 Å². The van der Waals surface area contributed by atoms with E-state index in [2.05, 4.69) is 75.3 Å². The summed E-state index contributed by atoms with van der Waals surface area (Å²) < 4.78 is 7.76. The molecule has 9 heteroatoms. The van der Waals surface area contributed by atoms with Gasteiger partial charge in [0.2, 0.25) is 5.91 Å². The van der Waals surface area contributed by atoms with Gasteiger partial charge in [0.05, 0.1) is 11.3 Å². The van der Waals surface area contributed by atoms with Crippen molar-refractivity contribution in [3.05, 3.63) is 51.7 Å². The molecule has 1 atom stereocenters. The van der Waals surface area contributed by atoms with Crippen LogP contribution in [0.1, 0.15) is 75.4 Å². The Labute approximate surface area is 234 Å². The van der Waals surface area contributed by atoms with Gasteiger partial charge in [0.15, 0.2) is 11.0 Å². The van der Waals surface area contributed by atoms with E-state index in [-0.39, 0.29) is 29.1 Å². The number of rotatable bonds is 7. The number of amides is 1. The van der Waals surface area contributed by atoms with Crippen LogP contribution in [0.25, 0.3) is 0 Å². The Morgan fingerprint density at radius 2 is 1.92 bits per heavy atom. The Hall–Kier alpha value is -2.83. The van der Waals surface area contributed by atoms with Crippen molar-refractivity contribution in [3.8, 4) is 11.8 Å². The minimum atomic E-state index is -0.155. The average molecular weight is 552 g/mol. The Balaban J connectivity index is 1.33. The molecule has 0 saturated heterocycles. The fraction of sp³-hybridized carbons (Fsp3) is 0.517. The molecule has 3 aromatic rings. The molecule has 1 N–H and O–H groups in total. The van der Waals surface area contributed by atoms with Gasteiger partial charge >= 0.3 is 0 Å². The van der Waals surface area contributed by atoms with Gasteiger partial charge in [0, 0.05) is 11.9 Å². The number of hydrogen-bond acceptors (Lipinski definition) is 7. The molecule has 1 aliphatic rings. The lowest BCUT2D eigenvalue weighted by molar-refractivity contribution is -0.113. The third-order valence-corrected chi connectivity index (χ3v) is 9.39. The molecule has 1 amide bonds. The van der Waals surface area contributed by atoms with Crippen LogP contribution in [0.5, 0.6) is 5.75 Å². The van der Waals surface area contributed by atoms with E-state index < -0.39 is 0 Å². The summed E-state index contributed by atoms with van der Waals surface area (Å²) in [6.45, 7) is 13.6. The van der Waals surface area contributed by atoms with Crippen LogP contribution in [0, 0.1) is 22.7 Å². The second kappa shape index (κ2) is 11.1. The van der Waals surface area contributed by atoms with E-state index in [1.54, 1.807) is 11.3 Å². The van der Waals surface area contributed by atoms with E-state index in [4.69, 9.17) is 4.74 Å². The quantitative estimate of drug-likeness (QED) is 0.337. The monoisotopic (exact) mass is 551 g/mol. The number of aromatic nitrogens is 3. The van der Waals surface area contributed by atoms with Crippen LogP contribution < -0.4 is 10.1 Å². The zero-order chi connectivity index (χ0) is 27.7. The predicted molar refractivity (Wildman–Crippen MR) is 154 cm³/mol. The highest BCUT2D eigenvalue weighted by molar-refractivity contribution is 7.99. The largest absolute Gasteiger partial charge is 0.486 e. The molecule has 0 bridgehead atoms. The van der Waals surface area contributed by atoms with Crippen LogP contribution in [0.15, 0.2) is 29.4 Å². The maximum atomic E-state index is 12.8. The molecular weight excluding hydrogens is 514 g/mol. The predicted octanol–water partition coefficient (Wildman–Crippen LogP) is 6.51. The molecule has 7 nitrogen and oxygen atoms in total. The van der Waals surface area contributed by atoms with E-state index in [1.807, 2.05) is 23.7 Å². The van der Waals surface area contributed by atoms with Gasteiger partial charge in [-0.25, -0.2) is 0 Å². The molecule has 2 aromatic heterocycles. The fourth-order valence-corrected chi connectivity index (χ4v) is 6.64. The van der Waals surface area contributed by atoms with E-state index in [1.165, 1.54) is 22.2 Å². The van der Waals surface area contributed by atoms with Gasteiger partial charge in [-0.1, -0.05) is 65.4 Å². The highest BCUT2D eigenvalue weighted by Gasteiger charge is 2.32. The number of nitrogens with zero attached hydrogens (tertiary/aromatic N) is 4. The third kappa shape index (κ3) is 6.41. The Bertz CT molecular complexity index is 1340. The third-order valence-electron chi connectivity index (χ3n) is 7.20. The maximum Gasteiger partial charge on any atom is 0.235 e. The second-order valence-electron chi connectivity index (χ2n) is 12.0. The van der Waals surface area contributed by atoms with Gasteiger partial charge in [-0.3, -0.25) is 4.79 Å². The molecule has 202 valence electrons.